The van der Waals surface area contributed by atoms with E-state index in [1.165, 1.54) is 0 Å². The van der Waals surface area contributed by atoms with Gasteiger partial charge in [-0.2, -0.15) is 5.26 Å². The summed E-state index contributed by atoms with van der Waals surface area (Å²) in [5, 5.41) is 9.87. The second kappa shape index (κ2) is 5.57. The quantitative estimate of drug-likeness (QED) is 0.186. The van der Waals surface area contributed by atoms with Gasteiger partial charge in [-0.25, -0.2) is 10.2 Å². The molecule has 0 bridgehead atoms. The molecule has 0 heterocycles. The molecule has 6 nitrogen and oxygen atoms in total. The van der Waals surface area contributed by atoms with E-state index in [1.807, 2.05) is 5.43 Å². The van der Waals surface area contributed by atoms with Crippen molar-refractivity contribution in [2.45, 2.75) is 0 Å². The second-order valence-electron chi connectivity index (χ2n) is 1.24. The molecule has 0 aromatic rings. The van der Waals surface area contributed by atoms with E-state index in [4.69, 9.17) is 11.0 Å². The van der Waals surface area contributed by atoms with E-state index in [0.29, 0.717) is 0 Å². The lowest BCUT2D eigenvalue weighted by molar-refractivity contribution is 0.247. The van der Waals surface area contributed by atoms with Crippen LogP contribution in [-0.4, -0.2) is 11.1 Å². The molecular weight excluding hydrogens is 186 g/mol. The molecule has 0 aliphatic carbocycles. The molecule has 0 spiro atoms. The lowest BCUT2D eigenvalue weighted by Gasteiger charge is -2.05. The minimum atomic E-state index is -0.754. The van der Waals surface area contributed by atoms with Crippen LogP contribution in [0.1, 0.15) is 0 Å². The Kier molecular flexibility index (Phi) is 4.97. The fourth-order valence-electron chi connectivity index (χ4n) is 0.213. The first-order valence-electron chi connectivity index (χ1n) is 2.33. The van der Waals surface area contributed by atoms with Crippen LogP contribution in [0.15, 0.2) is 0 Å². The highest BCUT2D eigenvalue weighted by molar-refractivity contribution is 8.03. The third kappa shape index (κ3) is 6.69. The number of nitrogens with two attached hydrogens (primary N) is 1. The number of hydrogen-bond acceptors (Lipinski definition) is 4. The molecule has 0 saturated heterocycles. The van der Waals surface area contributed by atoms with Crippen LogP contribution in [0.5, 0.6) is 0 Å². The number of hydrazine groups is 1. The summed E-state index contributed by atoms with van der Waals surface area (Å²) < 4.78 is 2.39. The number of urea groups is 1. The van der Waals surface area contributed by atoms with Gasteiger partial charge in [-0.3, -0.25) is 10.1 Å². The summed E-state index contributed by atoms with van der Waals surface area (Å²) >= 11 is 5.30. The Balaban J connectivity index is 3.39. The average Bonchev–Trinajstić information content (AvgIpc) is 1.97. The van der Waals surface area contributed by atoms with E-state index in [9.17, 15) is 4.79 Å². The van der Waals surface area contributed by atoms with Crippen molar-refractivity contribution in [3.8, 4) is 5.40 Å². The van der Waals surface area contributed by atoms with Crippen LogP contribution in [0.4, 0.5) is 4.79 Å². The number of nitriles is 1. The minimum Gasteiger partial charge on any atom is -0.350 e. The molecule has 5 N–H and O–H groups in total. The molecule has 11 heavy (non-hydrogen) atoms. The number of primary amides is 1. The van der Waals surface area contributed by atoms with Crippen molar-refractivity contribution < 1.29 is 4.79 Å². The zero-order valence-corrected chi connectivity index (χ0v) is 6.88. The van der Waals surface area contributed by atoms with Gasteiger partial charge in [-0.1, -0.05) is 0 Å². The molecule has 0 aromatic carbocycles. The number of amides is 2. The first-order chi connectivity index (χ1) is 5.16. The van der Waals surface area contributed by atoms with E-state index in [-0.39, 0.29) is 5.11 Å². The highest BCUT2D eigenvalue weighted by Crippen LogP contribution is 1.84. The Bertz CT molecular complexity index is 198. The van der Waals surface area contributed by atoms with E-state index < -0.39 is 6.03 Å². The van der Waals surface area contributed by atoms with Gasteiger partial charge >= 0.3 is 6.03 Å². The topological polar surface area (TPSA) is 103 Å². The van der Waals surface area contributed by atoms with Crippen LogP contribution in [0.25, 0.3) is 0 Å². The van der Waals surface area contributed by atoms with Gasteiger partial charge in [0.25, 0.3) is 0 Å². The number of hydrogen-bond donors (Lipinski definition) is 4. The maximum absolute atomic E-state index is 10.1. The van der Waals surface area contributed by atoms with Gasteiger partial charge in [-0.15, -0.1) is 0 Å². The molecule has 0 aliphatic rings. The molecule has 0 atom stereocenters. The van der Waals surface area contributed by atoms with Crippen LogP contribution in [0.3, 0.4) is 0 Å². The number of nitrogens with zero attached hydrogens (tertiary/aromatic N) is 1. The molecule has 0 rings (SSSR count). The van der Waals surface area contributed by atoms with Gasteiger partial charge in [0, 0.05) is 0 Å². The predicted octanol–water partition coefficient (Wildman–Crippen LogP) is -0.837. The van der Waals surface area contributed by atoms with Crippen LogP contribution in [0.2, 0.25) is 0 Å². The summed E-state index contributed by atoms with van der Waals surface area (Å²) in [7, 11) is 0. The maximum Gasteiger partial charge on any atom is 0.330 e. The summed E-state index contributed by atoms with van der Waals surface area (Å²) in [6, 6.07) is -0.754. The molecule has 2 amide bonds. The highest BCUT2D eigenvalue weighted by Gasteiger charge is 1.93. The Morgan fingerprint density at radius 3 is 2.73 bits per heavy atom. The number of carbonyl (C=O) groups is 1. The van der Waals surface area contributed by atoms with Gasteiger partial charge in [0.2, 0.25) is 0 Å². The van der Waals surface area contributed by atoms with Crippen molar-refractivity contribution in [1.29, 1.82) is 5.26 Å². The maximum atomic E-state index is 10.1. The third-order valence-corrected chi connectivity index (χ3v) is 1.22. The fourth-order valence-corrected chi connectivity index (χ4v) is 0.578. The van der Waals surface area contributed by atoms with Gasteiger partial charge in [-0.05, 0) is 12.2 Å². The lowest BCUT2D eigenvalue weighted by atomic mass is 11.1. The molecule has 8 heteroatoms. The van der Waals surface area contributed by atoms with Gasteiger partial charge < -0.3 is 5.73 Å². The van der Waals surface area contributed by atoms with Crippen molar-refractivity contribution >= 4 is 35.3 Å². The number of thiocyanates is 1. The van der Waals surface area contributed by atoms with Gasteiger partial charge in [0.1, 0.15) is 0 Å². The summed E-state index contributed by atoms with van der Waals surface area (Å²) in [6.45, 7) is 0. The van der Waals surface area contributed by atoms with Gasteiger partial charge in [0.05, 0.1) is 11.9 Å². The van der Waals surface area contributed by atoms with E-state index >= 15 is 0 Å². The lowest BCUT2D eigenvalue weighted by Crippen LogP contribution is -2.47. The number of rotatable bonds is 1. The summed E-state index contributed by atoms with van der Waals surface area (Å²) in [4.78, 5) is 10.1. The number of nitrogens with one attached hydrogen (secondary N) is 3. The molecule has 0 aromatic heterocycles. The van der Waals surface area contributed by atoms with Crippen LogP contribution in [0, 0.1) is 10.7 Å². The third-order valence-electron chi connectivity index (χ3n) is 0.489. The fraction of sp³-hybridized carbons (Fsp3) is 0. The summed E-state index contributed by atoms with van der Waals surface area (Å²) in [6.07, 6.45) is 0. The molecule has 0 fully saturated rings. The Labute approximate surface area is 72.6 Å². The van der Waals surface area contributed by atoms with Crippen molar-refractivity contribution in [1.82, 2.24) is 15.6 Å². The second-order valence-corrected chi connectivity index (χ2v) is 2.24. The van der Waals surface area contributed by atoms with Crippen molar-refractivity contribution in [3.63, 3.8) is 0 Å². The van der Waals surface area contributed by atoms with Crippen molar-refractivity contribution in [3.05, 3.63) is 0 Å². The SMILES string of the molecule is N#CSNC(=S)NNC(N)=O. The predicted molar refractivity (Wildman–Crippen MR) is 44.8 cm³/mol. The monoisotopic (exact) mass is 191 g/mol. The van der Waals surface area contributed by atoms with Crippen molar-refractivity contribution in [2.24, 2.45) is 5.73 Å². The molecule has 0 saturated carbocycles. The Hall–Kier alpha value is -1.20. The zero-order chi connectivity index (χ0) is 8.69. The van der Waals surface area contributed by atoms with E-state index in [0.717, 1.165) is 11.9 Å². The standard InChI is InChI=1S/C3H5N5OS2/c4-1-11-8-3(10)7-6-2(5)9/h(H3,5,6,9)(H2,7,8,10). The first kappa shape index (κ1) is 9.80. The first-order valence-corrected chi connectivity index (χ1v) is 3.55. The largest absolute Gasteiger partial charge is 0.350 e. The smallest absolute Gasteiger partial charge is 0.330 e. The van der Waals surface area contributed by atoms with Crippen LogP contribution < -0.4 is 21.3 Å². The molecule has 60 valence electrons. The molecule has 0 unspecified atom stereocenters. The van der Waals surface area contributed by atoms with E-state index in [1.54, 1.807) is 5.40 Å². The average molecular weight is 191 g/mol. The van der Waals surface area contributed by atoms with Gasteiger partial charge in [0.15, 0.2) is 10.5 Å². The Morgan fingerprint density at radius 1 is 1.64 bits per heavy atom. The highest BCUT2D eigenvalue weighted by atomic mass is 32.2. The zero-order valence-electron chi connectivity index (χ0n) is 5.25. The van der Waals surface area contributed by atoms with Crippen molar-refractivity contribution in [2.75, 3.05) is 0 Å². The van der Waals surface area contributed by atoms with Crippen LogP contribution >= 0.6 is 24.2 Å². The number of thiocarbonyl (C=S) groups is 1. The summed E-state index contributed by atoms with van der Waals surface area (Å²) in [5.74, 6) is 0. The molecule has 0 aliphatic heterocycles. The molecular formula is C3H5N5OS2. The summed E-state index contributed by atoms with van der Waals surface area (Å²) in [5.41, 5.74) is 8.95. The van der Waals surface area contributed by atoms with E-state index in [2.05, 4.69) is 22.4 Å². The number of carbonyl (C=O) groups excluding carboxylic acids is 1. The van der Waals surface area contributed by atoms with Crippen LogP contribution in [-0.2, 0) is 0 Å². The minimum absolute atomic E-state index is 0.107. The Morgan fingerprint density at radius 2 is 2.27 bits per heavy atom. The normalized spacial score (nSPS) is 7.55. The molecule has 0 radical (unpaired) electrons.